The van der Waals surface area contributed by atoms with Crippen molar-refractivity contribution in [3.05, 3.63) is 89.8 Å². The van der Waals surface area contributed by atoms with Crippen LogP contribution in [0.2, 0.25) is 0 Å². The van der Waals surface area contributed by atoms with E-state index in [1.54, 1.807) is 29.2 Å². The van der Waals surface area contributed by atoms with E-state index in [2.05, 4.69) is 9.97 Å². The molecule has 1 amide bonds. The van der Waals surface area contributed by atoms with E-state index < -0.39 is 11.6 Å². The number of aromatic amines is 1. The van der Waals surface area contributed by atoms with Crippen molar-refractivity contribution < 1.29 is 13.6 Å². The van der Waals surface area contributed by atoms with Crippen molar-refractivity contribution in [2.24, 2.45) is 0 Å². The number of carbonyl (C=O) groups is 1. The highest BCUT2D eigenvalue weighted by atomic mass is 19.1. The molecule has 0 bridgehead atoms. The zero-order chi connectivity index (χ0) is 20.0. The van der Waals surface area contributed by atoms with Gasteiger partial charge in [0.15, 0.2) is 0 Å². The summed E-state index contributed by atoms with van der Waals surface area (Å²) in [5, 5.41) is 0. The molecule has 0 saturated carbocycles. The second kappa shape index (κ2) is 6.81. The minimum Gasteiger partial charge on any atom is -0.342 e. The number of carbonyl (C=O) groups excluding carboxylic acids is 1. The molecule has 0 atom stereocenters. The first kappa shape index (κ1) is 17.6. The van der Waals surface area contributed by atoms with E-state index in [0.717, 1.165) is 16.9 Å². The zero-order valence-corrected chi connectivity index (χ0v) is 15.4. The maximum Gasteiger partial charge on any atom is 0.253 e. The van der Waals surface area contributed by atoms with Gasteiger partial charge in [0.2, 0.25) is 0 Å². The highest BCUT2D eigenvalue weighted by Crippen LogP contribution is 2.30. The van der Waals surface area contributed by atoms with Gasteiger partial charge in [-0.05, 0) is 42.0 Å². The second-order valence-electron chi connectivity index (χ2n) is 7.22. The normalized spacial score (nSPS) is 14.2. The van der Waals surface area contributed by atoms with Crippen LogP contribution in [-0.4, -0.2) is 33.9 Å². The number of imidazole rings is 1. The van der Waals surface area contributed by atoms with Crippen LogP contribution >= 0.6 is 0 Å². The van der Waals surface area contributed by atoms with Crippen LogP contribution in [0.3, 0.4) is 0 Å². The Bertz CT molecular complexity index is 1170. The molecule has 5 rings (SSSR count). The van der Waals surface area contributed by atoms with E-state index in [4.69, 9.17) is 0 Å². The van der Waals surface area contributed by atoms with Gasteiger partial charge in [-0.2, -0.15) is 0 Å². The third-order valence-electron chi connectivity index (χ3n) is 5.32. The van der Waals surface area contributed by atoms with Gasteiger partial charge in [-0.25, -0.2) is 13.8 Å². The van der Waals surface area contributed by atoms with Crippen LogP contribution in [0.25, 0.3) is 22.2 Å². The molecule has 29 heavy (non-hydrogen) atoms. The predicted octanol–water partition coefficient (Wildman–Crippen LogP) is 4.75. The molecule has 3 aromatic carbocycles. The summed E-state index contributed by atoms with van der Waals surface area (Å²) in [7, 11) is 0. The summed E-state index contributed by atoms with van der Waals surface area (Å²) in [6, 6.07) is 18.0. The van der Waals surface area contributed by atoms with Crippen molar-refractivity contribution in [1.29, 1.82) is 0 Å². The molecule has 4 aromatic rings. The highest BCUT2D eigenvalue weighted by Gasteiger charge is 2.34. The average molecular weight is 389 g/mol. The molecule has 0 unspecified atom stereocenters. The molecule has 1 fully saturated rings. The number of fused-ring (bicyclic) bond motifs is 1. The van der Waals surface area contributed by atoms with Crippen molar-refractivity contribution in [1.82, 2.24) is 14.9 Å². The minimum absolute atomic E-state index is 0.120. The van der Waals surface area contributed by atoms with E-state index in [1.807, 2.05) is 24.3 Å². The molecule has 0 aliphatic carbocycles. The fourth-order valence-electron chi connectivity index (χ4n) is 3.75. The minimum atomic E-state index is -0.650. The fraction of sp³-hybridized carbons (Fsp3) is 0.130. The lowest BCUT2D eigenvalue weighted by molar-refractivity contribution is 0.0596. The summed E-state index contributed by atoms with van der Waals surface area (Å²) in [4.78, 5) is 22.5. The number of hydrogen-bond donors (Lipinski definition) is 1. The molecule has 0 radical (unpaired) electrons. The number of para-hydroxylation sites is 2. The molecule has 144 valence electrons. The quantitative estimate of drug-likeness (QED) is 0.550. The Labute approximate surface area is 165 Å². The Kier molecular flexibility index (Phi) is 4.12. The topological polar surface area (TPSA) is 49.0 Å². The maximum absolute atomic E-state index is 14.1. The molecule has 1 N–H and O–H groups in total. The van der Waals surface area contributed by atoms with Crippen LogP contribution in [0.4, 0.5) is 8.78 Å². The number of likely N-dealkylation sites (tertiary alicyclic amines) is 1. The zero-order valence-electron chi connectivity index (χ0n) is 15.4. The van der Waals surface area contributed by atoms with Crippen molar-refractivity contribution in [2.45, 2.75) is 5.92 Å². The van der Waals surface area contributed by atoms with E-state index in [9.17, 15) is 13.6 Å². The Hall–Kier alpha value is -3.54. The first-order chi connectivity index (χ1) is 14.1. The van der Waals surface area contributed by atoms with E-state index in [1.165, 1.54) is 18.2 Å². The Morgan fingerprint density at radius 3 is 2.45 bits per heavy atom. The number of nitrogens with one attached hydrogen (secondary N) is 1. The number of halogens is 2. The van der Waals surface area contributed by atoms with Crippen LogP contribution in [-0.2, 0) is 0 Å². The van der Waals surface area contributed by atoms with Crippen molar-refractivity contribution >= 4 is 16.9 Å². The molecular weight excluding hydrogens is 372 g/mol. The van der Waals surface area contributed by atoms with Gasteiger partial charge in [-0.1, -0.05) is 30.3 Å². The molecule has 1 aliphatic rings. The van der Waals surface area contributed by atoms with Crippen LogP contribution in [0.1, 0.15) is 22.1 Å². The second-order valence-corrected chi connectivity index (χ2v) is 7.22. The summed E-state index contributed by atoms with van der Waals surface area (Å²) in [5.41, 5.74) is 2.53. The van der Waals surface area contributed by atoms with Crippen LogP contribution in [0, 0.1) is 11.6 Å². The van der Waals surface area contributed by atoms with Gasteiger partial charge in [-0.3, -0.25) is 4.79 Å². The van der Waals surface area contributed by atoms with Gasteiger partial charge < -0.3 is 9.88 Å². The molecule has 1 aromatic heterocycles. The van der Waals surface area contributed by atoms with Crippen molar-refractivity contribution in [2.75, 3.05) is 13.1 Å². The standard InChI is InChI=1S/C23H17F2N3O/c24-17-7-4-8-18(25)21(17)14-5-3-6-15(11-14)23(29)28-12-16(13-28)22-26-19-9-1-2-10-20(19)27-22/h1-11,16H,12-13H2,(H,26,27). The molecule has 1 saturated heterocycles. The van der Waals surface area contributed by atoms with Crippen LogP contribution < -0.4 is 0 Å². The first-order valence-electron chi connectivity index (χ1n) is 9.38. The molecule has 0 spiro atoms. The van der Waals surface area contributed by atoms with E-state index in [0.29, 0.717) is 24.2 Å². The van der Waals surface area contributed by atoms with Gasteiger partial charge in [0.25, 0.3) is 5.91 Å². The molecular formula is C23H17F2N3O. The van der Waals surface area contributed by atoms with Crippen molar-refractivity contribution in [3.8, 4) is 11.1 Å². The van der Waals surface area contributed by atoms with E-state index in [-0.39, 0.29) is 17.4 Å². The summed E-state index contributed by atoms with van der Waals surface area (Å²) >= 11 is 0. The lowest BCUT2D eigenvalue weighted by Gasteiger charge is -2.38. The third kappa shape index (κ3) is 3.06. The Balaban J connectivity index is 1.34. The number of benzene rings is 3. The van der Waals surface area contributed by atoms with Crippen LogP contribution in [0.5, 0.6) is 0 Å². The SMILES string of the molecule is O=C(c1cccc(-c2c(F)cccc2F)c1)N1CC(c2nc3ccccc3[nH]2)C1. The number of nitrogens with zero attached hydrogens (tertiary/aromatic N) is 2. The smallest absolute Gasteiger partial charge is 0.253 e. The monoisotopic (exact) mass is 389 g/mol. The Morgan fingerprint density at radius 1 is 0.966 bits per heavy atom. The first-order valence-corrected chi connectivity index (χ1v) is 9.38. The Morgan fingerprint density at radius 2 is 1.69 bits per heavy atom. The van der Waals surface area contributed by atoms with Crippen molar-refractivity contribution in [3.63, 3.8) is 0 Å². The lowest BCUT2D eigenvalue weighted by atomic mass is 9.96. The largest absolute Gasteiger partial charge is 0.342 e. The van der Waals surface area contributed by atoms with Gasteiger partial charge in [0, 0.05) is 18.7 Å². The van der Waals surface area contributed by atoms with Gasteiger partial charge in [-0.15, -0.1) is 0 Å². The number of H-pyrrole nitrogens is 1. The number of rotatable bonds is 3. The fourth-order valence-corrected chi connectivity index (χ4v) is 3.75. The molecule has 4 nitrogen and oxygen atoms in total. The average Bonchev–Trinajstić information content (AvgIpc) is 3.10. The number of aromatic nitrogens is 2. The summed E-state index contributed by atoms with van der Waals surface area (Å²) in [5.74, 6) is -0.432. The molecule has 6 heteroatoms. The third-order valence-corrected chi connectivity index (χ3v) is 5.32. The summed E-state index contributed by atoms with van der Waals surface area (Å²) in [6.45, 7) is 1.11. The van der Waals surface area contributed by atoms with Gasteiger partial charge in [0.05, 0.1) is 22.5 Å². The van der Waals surface area contributed by atoms with Crippen LogP contribution in [0.15, 0.2) is 66.7 Å². The number of amides is 1. The van der Waals surface area contributed by atoms with Gasteiger partial charge >= 0.3 is 0 Å². The van der Waals surface area contributed by atoms with E-state index >= 15 is 0 Å². The summed E-state index contributed by atoms with van der Waals surface area (Å²) < 4.78 is 28.2. The maximum atomic E-state index is 14.1. The highest BCUT2D eigenvalue weighted by molar-refractivity contribution is 5.96. The molecule has 1 aliphatic heterocycles. The lowest BCUT2D eigenvalue weighted by Crippen LogP contribution is -2.48. The number of hydrogen-bond acceptors (Lipinski definition) is 2. The summed E-state index contributed by atoms with van der Waals surface area (Å²) in [6.07, 6.45) is 0. The molecule has 2 heterocycles. The predicted molar refractivity (Wildman–Crippen MR) is 107 cm³/mol. The van der Waals surface area contributed by atoms with Gasteiger partial charge in [0.1, 0.15) is 17.5 Å².